The molecule has 21 heavy (non-hydrogen) atoms. The summed E-state index contributed by atoms with van der Waals surface area (Å²) < 4.78 is 0. The molecule has 1 aromatic carbocycles. The zero-order chi connectivity index (χ0) is 15.9. The number of nitrogens with one attached hydrogen (secondary N) is 1. The van der Waals surface area contributed by atoms with Crippen molar-refractivity contribution < 1.29 is 10.0 Å². The summed E-state index contributed by atoms with van der Waals surface area (Å²) in [4.78, 5) is 12.4. The normalized spacial score (nSPS) is 14.5. The minimum absolute atomic E-state index is 0.0911. The number of para-hydroxylation sites is 1. The molecule has 0 aliphatic heterocycles. The quantitative estimate of drug-likeness (QED) is 0.431. The Hall–Kier alpha value is -1.76. The maximum absolute atomic E-state index is 10.9. The number of hydrogen-bond donors (Lipinski definition) is 2. The van der Waals surface area contributed by atoms with Crippen molar-refractivity contribution in [3.8, 4) is 0 Å². The van der Waals surface area contributed by atoms with Gasteiger partial charge < -0.3 is 15.3 Å². The van der Waals surface area contributed by atoms with Crippen LogP contribution in [-0.2, 0) is 0 Å². The molecule has 0 saturated heterocycles. The van der Waals surface area contributed by atoms with E-state index in [0.717, 1.165) is 0 Å². The van der Waals surface area contributed by atoms with E-state index in [0.29, 0.717) is 25.2 Å². The van der Waals surface area contributed by atoms with Crippen molar-refractivity contribution in [3.63, 3.8) is 0 Å². The van der Waals surface area contributed by atoms with Gasteiger partial charge in [-0.3, -0.25) is 10.1 Å². The molecule has 1 atom stereocenters. The van der Waals surface area contributed by atoms with Crippen molar-refractivity contribution in [2.75, 3.05) is 33.7 Å². The largest absolute Gasteiger partial charge is 0.388 e. The van der Waals surface area contributed by atoms with Gasteiger partial charge >= 0.3 is 0 Å². The number of aliphatic hydroxyl groups is 1. The average Bonchev–Trinajstić information content (AvgIpc) is 2.37. The van der Waals surface area contributed by atoms with Crippen LogP contribution in [0.4, 0.5) is 5.69 Å². The lowest BCUT2D eigenvalue weighted by atomic mass is 10.1. The number of nitro benzene ring substituents is 1. The zero-order valence-corrected chi connectivity index (χ0v) is 12.7. The van der Waals surface area contributed by atoms with Gasteiger partial charge in [0.1, 0.15) is 0 Å². The summed E-state index contributed by atoms with van der Waals surface area (Å²) in [5.74, 6) is 0. The Balaban J connectivity index is 2.48. The minimum Gasteiger partial charge on any atom is -0.388 e. The van der Waals surface area contributed by atoms with Crippen molar-refractivity contribution in [1.29, 1.82) is 0 Å². The predicted molar refractivity (Wildman–Crippen MR) is 84.2 cm³/mol. The molecule has 1 unspecified atom stereocenters. The molecule has 0 fully saturated rings. The maximum Gasteiger partial charge on any atom is 0.276 e. The van der Waals surface area contributed by atoms with Crippen LogP contribution in [0.1, 0.15) is 12.5 Å². The second kappa shape index (κ2) is 7.87. The molecular formula is C15H23N3O3. The van der Waals surface area contributed by atoms with E-state index >= 15 is 0 Å². The number of rotatable bonds is 8. The first-order valence-corrected chi connectivity index (χ1v) is 6.79. The summed E-state index contributed by atoms with van der Waals surface area (Å²) in [5.41, 5.74) is -0.145. The second-order valence-electron chi connectivity index (χ2n) is 5.58. The standard InChI is InChI=1S/C15H23N3O3/c1-15(19,12-17(2)3)11-16-10-6-8-13-7-4-5-9-14(13)18(20)21/h4-9,16,19H,10-12H2,1-3H3/b8-6+. The molecule has 0 heterocycles. The Morgan fingerprint density at radius 1 is 1.43 bits per heavy atom. The first-order valence-electron chi connectivity index (χ1n) is 6.79. The lowest BCUT2D eigenvalue weighted by Gasteiger charge is -2.26. The van der Waals surface area contributed by atoms with Gasteiger partial charge in [-0.25, -0.2) is 0 Å². The second-order valence-corrected chi connectivity index (χ2v) is 5.58. The van der Waals surface area contributed by atoms with Crippen LogP contribution in [0.2, 0.25) is 0 Å². The molecule has 0 aliphatic carbocycles. The van der Waals surface area contributed by atoms with Crippen LogP contribution in [0.5, 0.6) is 0 Å². The van der Waals surface area contributed by atoms with E-state index in [9.17, 15) is 15.2 Å². The number of benzene rings is 1. The van der Waals surface area contributed by atoms with Crippen molar-refractivity contribution in [2.45, 2.75) is 12.5 Å². The van der Waals surface area contributed by atoms with Crippen LogP contribution in [0.3, 0.4) is 0 Å². The zero-order valence-electron chi connectivity index (χ0n) is 12.7. The molecule has 0 spiro atoms. The number of likely N-dealkylation sites (N-methyl/N-ethyl adjacent to an activating group) is 1. The molecule has 0 amide bonds. The molecule has 6 nitrogen and oxygen atoms in total. The molecule has 0 bridgehead atoms. The van der Waals surface area contributed by atoms with Gasteiger partial charge in [0.25, 0.3) is 5.69 Å². The molecule has 0 saturated carbocycles. The van der Waals surface area contributed by atoms with E-state index in [4.69, 9.17) is 0 Å². The Morgan fingerprint density at radius 2 is 2.10 bits per heavy atom. The highest BCUT2D eigenvalue weighted by Crippen LogP contribution is 2.18. The van der Waals surface area contributed by atoms with Gasteiger partial charge in [-0.2, -0.15) is 0 Å². The number of hydrogen-bond acceptors (Lipinski definition) is 5. The van der Waals surface area contributed by atoms with E-state index in [1.54, 1.807) is 31.2 Å². The monoisotopic (exact) mass is 293 g/mol. The molecule has 116 valence electrons. The summed E-state index contributed by atoms with van der Waals surface area (Å²) in [5, 5.41) is 24.1. The van der Waals surface area contributed by atoms with E-state index in [-0.39, 0.29) is 5.69 Å². The average molecular weight is 293 g/mol. The number of nitrogens with zero attached hydrogens (tertiary/aromatic N) is 2. The van der Waals surface area contributed by atoms with Gasteiger partial charge in [-0.15, -0.1) is 0 Å². The minimum atomic E-state index is -0.809. The summed E-state index contributed by atoms with van der Waals surface area (Å²) in [6.07, 6.45) is 3.53. The van der Waals surface area contributed by atoms with E-state index < -0.39 is 10.5 Å². The lowest BCUT2D eigenvalue weighted by Crippen LogP contribution is -2.45. The van der Waals surface area contributed by atoms with Gasteiger partial charge in [0.15, 0.2) is 0 Å². The fourth-order valence-electron chi connectivity index (χ4n) is 2.14. The molecular weight excluding hydrogens is 270 g/mol. The van der Waals surface area contributed by atoms with Crippen LogP contribution in [0, 0.1) is 10.1 Å². The fraction of sp³-hybridized carbons (Fsp3) is 0.467. The van der Waals surface area contributed by atoms with Gasteiger partial charge in [-0.05, 0) is 27.1 Å². The predicted octanol–water partition coefficient (Wildman–Crippen LogP) is 1.51. The highest BCUT2D eigenvalue weighted by Gasteiger charge is 2.20. The van der Waals surface area contributed by atoms with E-state index in [1.807, 2.05) is 25.1 Å². The van der Waals surface area contributed by atoms with Crippen LogP contribution >= 0.6 is 0 Å². The summed E-state index contributed by atoms with van der Waals surface area (Å²) in [6, 6.07) is 6.60. The molecule has 2 N–H and O–H groups in total. The van der Waals surface area contributed by atoms with Gasteiger partial charge in [0.05, 0.1) is 16.1 Å². The summed E-state index contributed by atoms with van der Waals surface area (Å²) in [7, 11) is 3.81. The van der Waals surface area contributed by atoms with E-state index in [2.05, 4.69) is 5.32 Å². The Kier molecular flexibility index (Phi) is 6.48. The molecule has 0 aromatic heterocycles. The highest BCUT2D eigenvalue weighted by atomic mass is 16.6. The Morgan fingerprint density at radius 3 is 2.71 bits per heavy atom. The van der Waals surface area contributed by atoms with Crippen molar-refractivity contribution >= 4 is 11.8 Å². The fourth-order valence-corrected chi connectivity index (χ4v) is 2.14. The van der Waals surface area contributed by atoms with Crippen LogP contribution in [0.25, 0.3) is 6.08 Å². The third-order valence-electron chi connectivity index (χ3n) is 2.86. The molecule has 1 aromatic rings. The van der Waals surface area contributed by atoms with Crippen LogP contribution < -0.4 is 5.32 Å². The maximum atomic E-state index is 10.9. The van der Waals surface area contributed by atoms with Crippen molar-refractivity contribution in [1.82, 2.24) is 10.2 Å². The first kappa shape index (κ1) is 17.3. The summed E-state index contributed by atoms with van der Waals surface area (Å²) >= 11 is 0. The third kappa shape index (κ3) is 6.48. The number of nitro groups is 1. The van der Waals surface area contributed by atoms with Crippen molar-refractivity contribution in [2.24, 2.45) is 0 Å². The Labute approximate surface area is 125 Å². The Bertz CT molecular complexity index is 499. The SMILES string of the molecule is CN(C)CC(C)(O)CNC/C=C/c1ccccc1[N+](=O)[O-]. The molecule has 0 radical (unpaired) electrons. The summed E-state index contributed by atoms with van der Waals surface area (Å²) in [6.45, 7) is 3.32. The first-order chi connectivity index (χ1) is 9.82. The highest BCUT2D eigenvalue weighted by molar-refractivity contribution is 5.60. The van der Waals surface area contributed by atoms with Gasteiger partial charge in [0.2, 0.25) is 0 Å². The van der Waals surface area contributed by atoms with Gasteiger partial charge in [-0.1, -0.05) is 24.3 Å². The molecule has 6 heteroatoms. The van der Waals surface area contributed by atoms with E-state index in [1.165, 1.54) is 6.07 Å². The smallest absolute Gasteiger partial charge is 0.276 e. The van der Waals surface area contributed by atoms with Crippen LogP contribution in [-0.4, -0.2) is 54.3 Å². The van der Waals surface area contributed by atoms with Crippen LogP contribution in [0.15, 0.2) is 30.3 Å². The van der Waals surface area contributed by atoms with Crippen molar-refractivity contribution in [3.05, 3.63) is 46.0 Å². The molecule has 1 rings (SSSR count). The lowest BCUT2D eigenvalue weighted by molar-refractivity contribution is -0.385. The third-order valence-corrected chi connectivity index (χ3v) is 2.86. The molecule has 0 aliphatic rings. The van der Waals surface area contributed by atoms with Gasteiger partial charge in [0, 0.05) is 25.7 Å². The topological polar surface area (TPSA) is 78.6 Å².